The van der Waals surface area contributed by atoms with E-state index in [4.69, 9.17) is 9.47 Å². The van der Waals surface area contributed by atoms with Crippen LogP contribution < -0.4 is 14.8 Å². The molecule has 0 spiro atoms. The number of carbonyl (C=O) groups is 1. The summed E-state index contributed by atoms with van der Waals surface area (Å²) in [6.45, 7) is 5.72. The Morgan fingerprint density at radius 1 is 1.05 bits per heavy atom. The van der Waals surface area contributed by atoms with E-state index in [0.29, 0.717) is 11.5 Å². The first-order valence-electron chi connectivity index (χ1n) is 7.18. The first-order chi connectivity index (χ1) is 10.5. The lowest BCUT2D eigenvalue weighted by molar-refractivity contribution is -0.122. The number of amides is 1. The fraction of sp³-hybridized carbons (Fsp3) is 0.278. The number of ether oxygens (including phenoxy) is 2. The van der Waals surface area contributed by atoms with Crippen LogP contribution >= 0.6 is 0 Å². The van der Waals surface area contributed by atoms with Gasteiger partial charge >= 0.3 is 0 Å². The first kappa shape index (κ1) is 15.9. The van der Waals surface area contributed by atoms with E-state index in [1.807, 2.05) is 38.1 Å². The predicted octanol–water partition coefficient (Wildman–Crippen LogP) is 3.72. The number of nitrogens with one attached hydrogen (secondary N) is 1. The van der Waals surface area contributed by atoms with Crippen molar-refractivity contribution < 1.29 is 14.3 Å². The van der Waals surface area contributed by atoms with Gasteiger partial charge in [-0.1, -0.05) is 12.1 Å². The summed E-state index contributed by atoms with van der Waals surface area (Å²) in [5.41, 5.74) is 3.00. The van der Waals surface area contributed by atoms with Crippen LogP contribution in [0.15, 0.2) is 42.5 Å². The van der Waals surface area contributed by atoms with Crippen LogP contribution in [0.4, 0.5) is 5.69 Å². The van der Waals surface area contributed by atoms with Crippen molar-refractivity contribution in [2.24, 2.45) is 0 Å². The molecule has 0 unspecified atom stereocenters. The summed E-state index contributed by atoms with van der Waals surface area (Å²) in [5.74, 6) is 1.11. The molecular formula is C18H21NO3. The molecule has 1 amide bonds. The second-order valence-corrected chi connectivity index (χ2v) is 5.30. The second-order valence-electron chi connectivity index (χ2n) is 5.30. The molecule has 1 atom stereocenters. The van der Waals surface area contributed by atoms with Crippen molar-refractivity contribution in [3.63, 3.8) is 0 Å². The minimum atomic E-state index is -0.604. The number of hydrogen-bond acceptors (Lipinski definition) is 3. The molecule has 0 saturated carbocycles. The molecule has 2 rings (SSSR count). The first-order valence-corrected chi connectivity index (χ1v) is 7.18. The quantitative estimate of drug-likeness (QED) is 0.915. The largest absolute Gasteiger partial charge is 0.497 e. The molecule has 0 aromatic heterocycles. The third kappa shape index (κ3) is 4.25. The van der Waals surface area contributed by atoms with Gasteiger partial charge in [0.05, 0.1) is 7.11 Å². The summed E-state index contributed by atoms with van der Waals surface area (Å²) in [5, 5.41) is 2.88. The maximum absolute atomic E-state index is 12.2. The number of hydrogen-bond donors (Lipinski definition) is 1. The monoisotopic (exact) mass is 299 g/mol. The molecule has 1 N–H and O–H groups in total. The van der Waals surface area contributed by atoms with Gasteiger partial charge in [-0.05, 0) is 56.2 Å². The molecule has 116 valence electrons. The minimum Gasteiger partial charge on any atom is -0.497 e. The summed E-state index contributed by atoms with van der Waals surface area (Å²) >= 11 is 0. The van der Waals surface area contributed by atoms with E-state index in [-0.39, 0.29) is 5.91 Å². The van der Waals surface area contributed by atoms with Crippen LogP contribution in [-0.4, -0.2) is 19.1 Å². The summed E-state index contributed by atoms with van der Waals surface area (Å²) in [4.78, 5) is 12.2. The second kappa shape index (κ2) is 6.98. The zero-order chi connectivity index (χ0) is 16.1. The van der Waals surface area contributed by atoms with Crippen LogP contribution in [0.25, 0.3) is 0 Å². The molecule has 0 aliphatic heterocycles. The van der Waals surface area contributed by atoms with Gasteiger partial charge in [0.1, 0.15) is 11.5 Å². The van der Waals surface area contributed by atoms with Crippen LogP contribution in [0.3, 0.4) is 0 Å². The van der Waals surface area contributed by atoms with E-state index in [0.717, 1.165) is 16.8 Å². The standard InChI is InChI=1S/C18H21NO3/c1-12-8-13(2)10-15(9-12)19-18(20)14(3)22-17-7-5-6-16(11-17)21-4/h5-11,14H,1-4H3,(H,19,20)/t14-/m1/s1. The lowest BCUT2D eigenvalue weighted by Crippen LogP contribution is -2.30. The van der Waals surface area contributed by atoms with Crippen molar-refractivity contribution in [2.45, 2.75) is 26.9 Å². The topological polar surface area (TPSA) is 47.6 Å². The van der Waals surface area contributed by atoms with Crippen molar-refractivity contribution in [2.75, 3.05) is 12.4 Å². The van der Waals surface area contributed by atoms with Crippen molar-refractivity contribution >= 4 is 11.6 Å². The van der Waals surface area contributed by atoms with Gasteiger partial charge in [0.2, 0.25) is 0 Å². The Morgan fingerprint density at radius 3 is 2.32 bits per heavy atom. The van der Waals surface area contributed by atoms with Gasteiger partial charge in [-0.3, -0.25) is 4.79 Å². The number of carbonyl (C=O) groups excluding carboxylic acids is 1. The van der Waals surface area contributed by atoms with E-state index in [1.165, 1.54) is 0 Å². The predicted molar refractivity (Wildman–Crippen MR) is 87.6 cm³/mol. The average molecular weight is 299 g/mol. The third-order valence-electron chi connectivity index (χ3n) is 3.21. The van der Waals surface area contributed by atoms with Crippen molar-refractivity contribution in [3.05, 3.63) is 53.6 Å². The number of methoxy groups -OCH3 is 1. The number of aryl methyl sites for hydroxylation is 2. The van der Waals surface area contributed by atoms with E-state index in [9.17, 15) is 4.79 Å². The van der Waals surface area contributed by atoms with Crippen molar-refractivity contribution in [1.29, 1.82) is 0 Å². The van der Waals surface area contributed by atoms with Gasteiger partial charge in [0.15, 0.2) is 6.10 Å². The SMILES string of the molecule is COc1cccc(O[C@H](C)C(=O)Nc2cc(C)cc(C)c2)c1. The molecule has 22 heavy (non-hydrogen) atoms. The zero-order valence-corrected chi connectivity index (χ0v) is 13.3. The lowest BCUT2D eigenvalue weighted by atomic mass is 10.1. The summed E-state index contributed by atoms with van der Waals surface area (Å²) in [6, 6.07) is 13.1. The van der Waals surface area contributed by atoms with Gasteiger partial charge in [0.25, 0.3) is 5.91 Å². The molecule has 0 radical (unpaired) electrons. The molecule has 0 saturated heterocycles. The van der Waals surface area contributed by atoms with Crippen LogP contribution in [-0.2, 0) is 4.79 Å². The van der Waals surface area contributed by atoms with Crippen LogP contribution in [0.5, 0.6) is 11.5 Å². The Hall–Kier alpha value is -2.49. The summed E-state index contributed by atoms with van der Waals surface area (Å²) in [6.07, 6.45) is -0.604. The molecule has 0 aliphatic rings. The van der Waals surface area contributed by atoms with Gasteiger partial charge in [0, 0.05) is 11.8 Å². The van der Waals surface area contributed by atoms with Crippen LogP contribution in [0.2, 0.25) is 0 Å². The molecule has 4 nitrogen and oxygen atoms in total. The zero-order valence-electron chi connectivity index (χ0n) is 13.3. The molecule has 2 aromatic rings. The average Bonchev–Trinajstić information content (AvgIpc) is 2.46. The molecule has 0 aliphatic carbocycles. The molecule has 0 heterocycles. The highest BCUT2D eigenvalue weighted by atomic mass is 16.5. The van der Waals surface area contributed by atoms with Gasteiger partial charge < -0.3 is 14.8 Å². The summed E-state index contributed by atoms with van der Waals surface area (Å²) in [7, 11) is 1.59. The van der Waals surface area contributed by atoms with E-state index in [1.54, 1.807) is 26.2 Å². The normalized spacial score (nSPS) is 11.6. The maximum Gasteiger partial charge on any atom is 0.265 e. The fourth-order valence-corrected chi connectivity index (χ4v) is 2.22. The molecule has 2 aromatic carbocycles. The van der Waals surface area contributed by atoms with E-state index < -0.39 is 6.10 Å². The Bertz CT molecular complexity index is 647. The molecular weight excluding hydrogens is 278 g/mol. The number of anilines is 1. The molecule has 0 fully saturated rings. The van der Waals surface area contributed by atoms with Crippen LogP contribution in [0, 0.1) is 13.8 Å². The number of rotatable bonds is 5. The Morgan fingerprint density at radius 2 is 1.68 bits per heavy atom. The molecule has 0 bridgehead atoms. The highest BCUT2D eigenvalue weighted by molar-refractivity contribution is 5.94. The highest BCUT2D eigenvalue weighted by Crippen LogP contribution is 2.20. The van der Waals surface area contributed by atoms with Gasteiger partial charge in [-0.2, -0.15) is 0 Å². The van der Waals surface area contributed by atoms with Crippen LogP contribution in [0.1, 0.15) is 18.1 Å². The van der Waals surface area contributed by atoms with Gasteiger partial charge in [-0.25, -0.2) is 0 Å². The third-order valence-corrected chi connectivity index (χ3v) is 3.21. The minimum absolute atomic E-state index is 0.187. The lowest BCUT2D eigenvalue weighted by Gasteiger charge is -2.15. The fourth-order valence-electron chi connectivity index (χ4n) is 2.22. The van der Waals surface area contributed by atoms with Crippen molar-refractivity contribution in [1.82, 2.24) is 0 Å². The van der Waals surface area contributed by atoms with Gasteiger partial charge in [-0.15, -0.1) is 0 Å². The Labute approximate surface area is 131 Å². The molecule has 4 heteroatoms. The maximum atomic E-state index is 12.2. The summed E-state index contributed by atoms with van der Waals surface area (Å²) < 4.78 is 10.8. The smallest absolute Gasteiger partial charge is 0.265 e. The van der Waals surface area contributed by atoms with E-state index >= 15 is 0 Å². The Balaban J connectivity index is 2.02. The van der Waals surface area contributed by atoms with E-state index in [2.05, 4.69) is 11.4 Å². The number of benzene rings is 2. The Kier molecular flexibility index (Phi) is 5.04. The highest BCUT2D eigenvalue weighted by Gasteiger charge is 2.15. The van der Waals surface area contributed by atoms with Crippen molar-refractivity contribution in [3.8, 4) is 11.5 Å².